The summed E-state index contributed by atoms with van der Waals surface area (Å²) in [4.78, 5) is 46.6. The van der Waals surface area contributed by atoms with E-state index < -0.39 is 12.1 Å². The molecule has 8 heteroatoms. The van der Waals surface area contributed by atoms with Crippen LogP contribution in [-0.4, -0.2) is 34.8 Å². The first-order chi connectivity index (χ1) is 19.9. The van der Waals surface area contributed by atoms with Crippen LogP contribution in [0, 0.1) is 5.92 Å². The van der Waals surface area contributed by atoms with Crippen molar-refractivity contribution in [3.05, 3.63) is 108 Å². The standard InChI is InChI=1S/C33H25N3O4S/c1-19(37)21-7-12-24(13-8-21)34-18-27-31(39)26-17-23(33-36-28-5-3-4-6-30(28)41-33)11-16-29(26)40-32(27)35-25-14-9-22(10-15-25)20(2)38/h3-18,27,32,35H,1-2H3. The second-order valence-electron chi connectivity index (χ2n) is 9.79. The molecule has 0 bridgehead atoms. The maximum atomic E-state index is 14.0. The Balaban J connectivity index is 1.34. The number of carbonyl (C=O) groups excluding carboxylic acids is 3. The summed E-state index contributed by atoms with van der Waals surface area (Å²) in [5.74, 6) is -0.492. The SMILES string of the molecule is CC(=O)c1ccc(N=CC2C(=O)c3cc(-c4nc5ccccc5s4)ccc3OC2Nc2ccc(C(C)=O)cc2)cc1. The Bertz CT molecular complexity index is 1790. The molecule has 0 amide bonds. The quantitative estimate of drug-likeness (QED) is 0.165. The van der Waals surface area contributed by atoms with Crippen molar-refractivity contribution >= 4 is 56.5 Å². The first-order valence-corrected chi connectivity index (χ1v) is 13.9. The summed E-state index contributed by atoms with van der Waals surface area (Å²) in [7, 11) is 0. The van der Waals surface area contributed by atoms with Crippen LogP contribution in [0.25, 0.3) is 20.8 Å². The largest absolute Gasteiger partial charge is 0.469 e. The Hall–Kier alpha value is -4.95. The number of hydrogen-bond acceptors (Lipinski definition) is 8. The fraction of sp³-hybridized carbons (Fsp3) is 0.121. The molecular formula is C33H25N3O4S. The highest BCUT2D eigenvalue weighted by atomic mass is 32.1. The monoisotopic (exact) mass is 559 g/mol. The molecular weight excluding hydrogens is 534 g/mol. The van der Waals surface area contributed by atoms with Crippen LogP contribution in [0.15, 0.2) is 96.0 Å². The minimum atomic E-state index is -0.756. The van der Waals surface area contributed by atoms with E-state index in [1.165, 1.54) is 13.8 Å². The third-order valence-electron chi connectivity index (χ3n) is 6.93. The van der Waals surface area contributed by atoms with Gasteiger partial charge in [0.2, 0.25) is 0 Å². The third-order valence-corrected chi connectivity index (χ3v) is 8.01. The highest BCUT2D eigenvalue weighted by Crippen LogP contribution is 2.37. The lowest BCUT2D eigenvalue weighted by Gasteiger charge is -2.32. The number of fused-ring (bicyclic) bond motifs is 2. The number of nitrogens with one attached hydrogen (secondary N) is 1. The highest BCUT2D eigenvalue weighted by Gasteiger charge is 2.37. The van der Waals surface area contributed by atoms with Gasteiger partial charge >= 0.3 is 0 Å². The molecule has 1 aliphatic heterocycles. The predicted molar refractivity (Wildman–Crippen MR) is 162 cm³/mol. The number of anilines is 1. The van der Waals surface area contributed by atoms with Crippen molar-refractivity contribution in [3.8, 4) is 16.3 Å². The molecule has 1 aliphatic rings. The molecule has 202 valence electrons. The van der Waals surface area contributed by atoms with E-state index in [2.05, 4.69) is 10.3 Å². The Kier molecular flexibility index (Phi) is 6.99. The van der Waals surface area contributed by atoms with Crippen LogP contribution in [0.4, 0.5) is 11.4 Å². The molecule has 0 radical (unpaired) electrons. The van der Waals surface area contributed by atoms with Crippen molar-refractivity contribution in [2.45, 2.75) is 20.1 Å². The lowest BCUT2D eigenvalue weighted by Crippen LogP contribution is -2.43. The van der Waals surface area contributed by atoms with Crippen molar-refractivity contribution in [1.29, 1.82) is 0 Å². The zero-order valence-electron chi connectivity index (χ0n) is 22.3. The number of hydrogen-bond donors (Lipinski definition) is 1. The Labute approximate surface area is 240 Å². The molecule has 0 saturated heterocycles. The third kappa shape index (κ3) is 5.42. The van der Waals surface area contributed by atoms with Gasteiger partial charge in [0.15, 0.2) is 23.6 Å². The average Bonchev–Trinajstić information content (AvgIpc) is 3.42. The molecule has 2 atom stereocenters. The summed E-state index contributed by atoms with van der Waals surface area (Å²) >= 11 is 1.57. The van der Waals surface area contributed by atoms with E-state index in [1.54, 1.807) is 72.1 Å². The Morgan fingerprint density at radius 1 is 0.902 bits per heavy atom. The van der Waals surface area contributed by atoms with Gasteiger partial charge in [0.25, 0.3) is 0 Å². The van der Waals surface area contributed by atoms with E-state index >= 15 is 0 Å². The van der Waals surface area contributed by atoms with Crippen LogP contribution < -0.4 is 10.1 Å². The normalized spacial score (nSPS) is 16.4. The van der Waals surface area contributed by atoms with Crippen molar-refractivity contribution in [1.82, 2.24) is 4.98 Å². The van der Waals surface area contributed by atoms with Gasteiger partial charge in [-0.1, -0.05) is 12.1 Å². The van der Waals surface area contributed by atoms with Crippen LogP contribution in [-0.2, 0) is 0 Å². The molecule has 41 heavy (non-hydrogen) atoms. The number of benzene rings is 4. The van der Waals surface area contributed by atoms with E-state index in [4.69, 9.17) is 9.72 Å². The van der Waals surface area contributed by atoms with Crippen LogP contribution in [0.2, 0.25) is 0 Å². The van der Waals surface area contributed by atoms with Crippen molar-refractivity contribution in [2.75, 3.05) is 5.32 Å². The molecule has 6 rings (SSSR count). The second-order valence-corrected chi connectivity index (χ2v) is 10.8. The van der Waals surface area contributed by atoms with Gasteiger partial charge in [0.1, 0.15) is 16.7 Å². The van der Waals surface area contributed by atoms with E-state index in [0.29, 0.717) is 33.8 Å². The lowest BCUT2D eigenvalue weighted by atomic mass is 9.92. The zero-order valence-corrected chi connectivity index (χ0v) is 23.1. The maximum absolute atomic E-state index is 14.0. The predicted octanol–water partition coefficient (Wildman–Crippen LogP) is 7.40. The van der Waals surface area contributed by atoms with Crippen LogP contribution in [0.3, 0.4) is 0 Å². The second kappa shape index (κ2) is 10.9. The van der Waals surface area contributed by atoms with Gasteiger partial charge < -0.3 is 10.1 Å². The van der Waals surface area contributed by atoms with Crippen LogP contribution >= 0.6 is 11.3 Å². The molecule has 2 unspecified atom stereocenters. The molecule has 0 aliphatic carbocycles. The van der Waals surface area contributed by atoms with E-state index in [0.717, 1.165) is 20.8 Å². The fourth-order valence-electron chi connectivity index (χ4n) is 4.66. The minimum absolute atomic E-state index is 0.0284. The Morgan fingerprint density at radius 2 is 1.59 bits per heavy atom. The number of ketones is 3. The van der Waals surface area contributed by atoms with Crippen molar-refractivity contribution in [3.63, 3.8) is 0 Å². The summed E-state index contributed by atoms with van der Waals surface area (Å²) < 4.78 is 7.41. The highest BCUT2D eigenvalue weighted by molar-refractivity contribution is 7.21. The molecule has 2 heterocycles. The number of aromatic nitrogens is 1. The minimum Gasteiger partial charge on any atom is -0.469 e. The molecule has 5 aromatic rings. The molecule has 4 aromatic carbocycles. The first kappa shape index (κ1) is 26.3. The summed E-state index contributed by atoms with van der Waals surface area (Å²) in [6.45, 7) is 3.02. The molecule has 0 saturated carbocycles. The van der Waals surface area contributed by atoms with E-state index in [-0.39, 0.29) is 17.3 Å². The number of nitrogens with zero attached hydrogens (tertiary/aromatic N) is 2. The molecule has 0 fully saturated rings. The summed E-state index contributed by atoms with van der Waals surface area (Å²) in [6.07, 6.45) is 0.840. The van der Waals surface area contributed by atoms with Crippen LogP contribution in [0.1, 0.15) is 44.9 Å². The van der Waals surface area contributed by atoms with E-state index in [1.807, 2.05) is 36.4 Å². The summed E-state index contributed by atoms with van der Waals surface area (Å²) in [5.41, 5.74) is 4.70. The summed E-state index contributed by atoms with van der Waals surface area (Å²) in [5, 5.41) is 4.11. The van der Waals surface area contributed by atoms with Gasteiger partial charge in [-0.2, -0.15) is 0 Å². The van der Waals surface area contributed by atoms with Gasteiger partial charge in [0.05, 0.1) is 21.5 Å². The van der Waals surface area contributed by atoms with Gasteiger partial charge in [-0.3, -0.25) is 19.4 Å². The van der Waals surface area contributed by atoms with Gasteiger partial charge in [-0.05, 0) is 92.7 Å². The fourth-order valence-corrected chi connectivity index (χ4v) is 5.62. The lowest BCUT2D eigenvalue weighted by molar-refractivity contribution is 0.0813. The molecule has 1 N–H and O–H groups in total. The number of aliphatic imine (C=N–C) groups is 1. The molecule has 1 aromatic heterocycles. The molecule has 0 spiro atoms. The summed E-state index contributed by atoms with van der Waals surface area (Å²) in [6, 6.07) is 27.4. The maximum Gasteiger partial charge on any atom is 0.185 e. The molecule has 7 nitrogen and oxygen atoms in total. The topological polar surface area (TPSA) is 97.7 Å². The van der Waals surface area contributed by atoms with Gasteiger partial charge in [0, 0.05) is 28.6 Å². The van der Waals surface area contributed by atoms with Gasteiger partial charge in [-0.25, -0.2) is 4.98 Å². The Morgan fingerprint density at radius 3 is 2.27 bits per heavy atom. The van der Waals surface area contributed by atoms with Crippen LogP contribution in [0.5, 0.6) is 5.75 Å². The van der Waals surface area contributed by atoms with Gasteiger partial charge in [-0.15, -0.1) is 11.3 Å². The average molecular weight is 560 g/mol. The van der Waals surface area contributed by atoms with Crippen molar-refractivity contribution in [2.24, 2.45) is 10.9 Å². The van der Waals surface area contributed by atoms with E-state index in [9.17, 15) is 14.4 Å². The number of carbonyl (C=O) groups is 3. The smallest absolute Gasteiger partial charge is 0.185 e. The number of Topliss-reactive ketones (excluding diaryl/α,β-unsaturated/α-hetero) is 3. The number of ether oxygens (including phenoxy) is 1. The number of thiazole rings is 1. The number of para-hydroxylation sites is 1. The van der Waals surface area contributed by atoms with Crippen molar-refractivity contribution < 1.29 is 19.1 Å². The first-order valence-electron chi connectivity index (χ1n) is 13.1. The number of rotatable bonds is 7. The zero-order chi connectivity index (χ0) is 28.5.